The lowest BCUT2D eigenvalue weighted by atomic mass is 10.1. The van der Waals surface area contributed by atoms with Crippen LogP contribution in [0.4, 0.5) is 5.69 Å². The molecule has 0 unspecified atom stereocenters. The summed E-state index contributed by atoms with van der Waals surface area (Å²) in [7, 11) is 0. The van der Waals surface area contributed by atoms with E-state index < -0.39 is 0 Å². The van der Waals surface area contributed by atoms with E-state index in [1.165, 1.54) is 0 Å². The summed E-state index contributed by atoms with van der Waals surface area (Å²) in [6.07, 6.45) is 0. The van der Waals surface area contributed by atoms with Crippen molar-refractivity contribution in [3.8, 4) is 6.07 Å². The quantitative estimate of drug-likeness (QED) is 0.791. The molecule has 0 aliphatic carbocycles. The maximum atomic E-state index is 12.5. The summed E-state index contributed by atoms with van der Waals surface area (Å²) in [6.45, 7) is 6.07. The lowest BCUT2D eigenvalue weighted by Gasteiger charge is -2.10. The van der Waals surface area contributed by atoms with Gasteiger partial charge in [0, 0.05) is 16.8 Å². The minimum atomic E-state index is -0.103. The molecule has 120 valence electrons. The van der Waals surface area contributed by atoms with E-state index in [2.05, 4.69) is 17.5 Å². The number of carbonyl (C=O) groups excluding carboxylic acids is 1. The summed E-state index contributed by atoms with van der Waals surface area (Å²) in [5, 5.41) is 13.2. The second-order valence-electron chi connectivity index (χ2n) is 6.10. The van der Waals surface area contributed by atoms with Crippen LogP contribution in [0.1, 0.15) is 22.4 Å². The molecule has 0 aliphatic heterocycles. The van der Waals surface area contributed by atoms with Crippen LogP contribution in [0.15, 0.2) is 42.5 Å². The van der Waals surface area contributed by atoms with Crippen molar-refractivity contribution < 1.29 is 4.79 Å². The lowest BCUT2D eigenvalue weighted by Crippen LogP contribution is -2.19. The number of nitrogens with zero attached hydrogens (tertiary/aromatic N) is 2. The van der Waals surface area contributed by atoms with Crippen LogP contribution in [0.2, 0.25) is 0 Å². The van der Waals surface area contributed by atoms with E-state index in [0.717, 1.165) is 33.4 Å². The molecule has 1 N–H and O–H groups in total. The minimum absolute atomic E-state index is 0.103. The highest BCUT2D eigenvalue weighted by Gasteiger charge is 2.15. The van der Waals surface area contributed by atoms with Crippen LogP contribution < -0.4 is 5.32 Å². The number of rotatable bonds is 3. The summed E-state index contributed by atoms with van der Waals surface area (Å²) in [6, 6.07) is 15.9. The summed E-state index contributed by atoms with van der Waals surface area (Å²) in [4.78, 5) is 12.5. The van der Waals surface area contributed by atoms with E-state index in [0.29, 0.717) is 5.56 Å². The molecule has 0 saturated heterocycles. The summed E-state index contributed by atoms with van der Waals surface area (Å²) < 4.78 is 1.89. The molecule has 1 amide bonds. The molecule has 4 heteroatoms. The fourth-order valence-electron chi connectivity index (χ4n) is 3.17. The van der Waals surface area contributed by atoms with Crippen LogP contribution >= 0.6 is 0 Å². The fraction of sp³-hybridized carbons (Fsp3) is 0.200. The molecule has 24 heavy (non-hydrogen) atoms. The van der Waals surface area contributed by atoms with Gasteiger partial charge in [-0.25, -0.2) is 0 Å². The second kappa shape index (κ2) is 6.21. The predicted octanol–water partition coefficient (Wildman–Crippen LogP) is 4.08. The highest BCUT2D eigenvalue weighted by molar-refractivity contribution is 5.94. The van der Waals surface area contributed by atoms with E-state index in [9.17, 15) is 10.1 Å². The van der Waals surface area contributed by atoms with Crippen LogP contribution in [-0.4, -0.2) is 10.5 Å². The highest BCUT2D eigenvalue weighted by Crippen LogP contribution is 2.25. The van der Waals surface area contributed by atoms with Crippen LogP contribution in [-0.2, 0) is 11.3 Å². The first-order chi connectivity index (χ1) is 11.5. The maximum absolute atomic E-state index is 12.5. The van der Waals surface area contributed by atoms with Gasteiger partial charge in [0.25, 0.3) is 0 Å². The van der Waals surface area contributed by atoms with Crippen molar-refractivity contribution in [1.29, 1.82) is 5.26 Å². The van der Waals surface area contributed by atoms with Crippen LogP contribution in [0, 0.1) is 32.1 Å². The third kappa shape index (κ3) is 2.89. The van der Waals surface area contributed by atoms with Crippen molar-refractivity contribution in [2.24, 2.45) is 0 Å². The molecule has 0 fully saturated rings. The van der Waals surface area contributed by atoms with Gasteiger partial charge in [0.2, 0.25) is 5.91 Å². The minimum Gasteiger partial charge on any atom is -0.334 e. The van der Waals surface area contributed by atoms with Crippen molar-refractivity contribution in [3.63, 3.8) is 0 Å². The Bertz CT molecular complexity index is 956. The number of amides is 1. The standard InChI is InChI=1S/C20H19N3O/c1-13-8-14(2)10-16(9-13)22-20(24)12-23-15(3)18(11-21)17-6-4-5-7-19(17)23/h4-10H,12H2,1-3H3,(H,22,24). The number of fused-ring (bicyclic) bond motifs is 1. The third-order valence-corrected chi connectivity index (χ3v) is 4.15. The molecule has 4 nitrogen and oxygen atoms in total. The normalized spacial score (nSPS) is 10.6. The maximum Gasteiger partial charge on any atom is 0.244 e. The monoisotopic (exact) mass is 317 g/mol. The largest absolute Gasteiger partial charge is 0.334 e. The first-order valence-electron chi connectivity index (χ1n) is 7.85. The van der Waals surface area contributed by atoms with Crippen molar-refractivity contribution >= 4 is 22.5 Å². The van der Waals surface area contributed by atoms with Gasteiger partial charge in [-0.15, -0.1) is 0 Å². The van der Waals surface area contributed by atoms with Crippen LogP contribution in [0.3, 0.4) is 0 Å². The number of para-hydroxylation sites is 1. The Morgan fingerprint density at radius 3 is 2.46 bits per heavy atom. The van der Waals surface area contributed by atoms with Gasteiger partial charge in [-0.2, -0.15) is 5.26 Å². The van der Waals surface area contributed by atoms with Gasteiger partial charge < -0.3 is 9.88 Å². The van der Waals surface area contributed by atoms with Gasteiger partial charge in [0.05, 0.1) is 11.1 Å². The molecule has 0 bridgehead atoms. The van der Waals surface area contributed by atoms with E-state index in [1.807, 2.05) is 61.7 Å². The molecule has 3 rings (SSSR count). The third-order valence-electron chi connectivity index (χ3n) is 4.15. The van der Waals surface area contributed by atoms with Crippen LogP contribution in [0.25, 0.3) is 10.9 Å². The number of nitrogens with one attached hydrogen (secondary N) is 1. The predicted molar refractivity (Wildman–Crippen MR) is 95.9 cm³/mol. The second-order valence-corrected chi connectivity index (χ2v) is 6.10. The van der Waals surface area contributed by atoms with Gasteiger partial charge >= 0.3 is 0 Å². The fourth-order valence-corrected chi connectivity index (χ4v) is 3.17. The van der Waals surface area contributed by atoms with Gasteiger partial charge in [-0.05, 0) is 50.1 Å². The molecule has 0 saturated carbocycles. The van der Waals surface area contributed by atoms with Gasteiger partial charge in [0.15, 0.2) is 0 Å². The zero-order valence-electron chi connectivity index (χ0n) is 14.1. The Morgan fingerprint density at radius 2 is 1.79 bits per heavy atom. The number of aryl methyl sites for hydroxylation is 2. The SMILES string of the molecule is Cc1cc(C)cc(NC(=O)Cn2c(C)c(C#N)c3ccccc32)c1. The summed E-state index contributed by atoms with van der Waals surface area (Å²) >= 11 is 0. The van der Waals surface area contributed by atoms with E-state index in [1.54, 1.807) is 0 Å². The smallest absolute Gasteiger partial charge is 0.244 e. The molecule has 1 aromatic heterocycles. The number of carbonyl (C=O) groups is 1. The molecule has 0 spiro atoms. The molecule has 0 aliphatic rings. The topological polar surface area (TPSA) is 57.8 Å². The van der Waals surface area contributed by atoms with Gasteiger partial charge in [-0.1, -0.05) is 24.3 Å². The van der Waals surface area contributed by atoms with E-state index in [-0.39, 0.29) is 12.5 Å². The molecular weight excluding hydrogens is 298 g/mol. The average molecular weight is 317 g/mol. The number of aromatic nitrogens is 1. The van der Waals surface area contributed by atoms with E-state index in [4.69, 9.17) is 0 Å². The molecule has 3 aromatic rings. The summed E-state index contributed by atoms with van der Waals surface area (Å²) in [5.74, 6) is -0.103. The Balaban J connectivity index is 1.91. The summed E-state index contributed by atoms with van der Waals surface area (Å²) in [5.41, 5.74) is 5.37. The Morgan fingerprint density at radius 1 is 1.12 bits per heavy atom. The van der Waals surface area contributed by atoms with Crippen molar-refractivity contribution in [2.75, 3.05) is 5.32 Å². The highest BCUT2D eigenvalue weighted by atomic mass is 16.1. The average Bonchev–Trinajstić information content (AvgIpc) is 2.78. The molecular formula is C20H19N3O. The van der Waals surface area contributed by atoms with Crippen molar-refractivity contribution in [2.45, 2.75) is 27.3 Å². The first-order valence-corrected chi connectivity index (χ1v) is 7.85. The van der Waals surface area contributed by atoms with Crippen LogP contribution in [0.5, 0.6) is 0 Å². The van der Waals surface area contributed by atoms with Crippen molar-refractivity contribution in [3.05, 3.63) is 64.8 Å². The van der Waals surface area contributed by atoms with E-state index >= 15 is 0 Å². The number of benzene rings is 2. The zero-order valence-corrected chi connectivity index (χ0v) is 14.1. The Labute approximate surface area is 141 Å². The number of hydrogen-bond donors (Lipinski definition) is 1. The molecule has 2 aromatic carbocycles. The lowest BCUT2D eigenvalue weighted by molar-refractivity contribution is -0.116. The number of nitriles is 1. The Kier molecular flexibility index (Phi) is 4.09. The molecule has 0 radical (unpaired) electrons. The number of hydrogen-bond acceptors (Lipinski definition) is 2. The molecule has 1 heterocycles. The van der Waals surface area contributed by atoms with Gasteiger partial charge in [0.1, 0.15) is 12.6 Å². The van der Waals surface area contributed by atoms with Gasteiger partial charge in [-0.3, -0.25) is 4.79 Å². The molecule has 0 atom stereocenters. The number of anilines is 1. The first kappa shape index (κ1) is 15.8. The zero-order chi connectivity index (χ0) is 17.3. The Hall–Kier alpha value is -3.06. The van der Waals surface area contributed by atoms with Crippen molar-refractivity contribution in [1.82, 2.24) is 4.57 Å².